The minimum absolute atomic E-state index is 0. The van der Waals surface area contributed by atoms with Crippen LogP contribution in [0.5, 0.6) is 0 Å². The van der Waals surface area contributed by atoms with Crippen molar-refractivity contribution in [1.82, 2.24) is 0 Å². The first-order valence-electron chi connectivity index (χ1n) is 12.2. The summed E-state index contributed by atoms with van der Waals surface area (Å²) in [6.45, 7) is 28.7. The van der Waals surface area contributed by atoms with Crippen LogP contribution in [0.1, 0.15) is 88.5 Å². The maximum Gasteiger partial charge on any atom is 0.0604 e. The summed E-state index contributed by atoms with van der Waals surface area (Å²) < 4.78 is 0. The Bertz CT molecular complexity index is 884. The highest BCUT2D eigenvalue weighted by atomic mass is 14.7. The van der Waals surface area contributed by atoms with Gasteiger partial charge in [0.05, 0.1) is 13.1 Å². The van der Waals surface area contributed by atoms with Gasteiger partial charge >= 0.3 is 0 Å². The van der Waals surface area contributed by atoms with Crippen molar-refractivity contribution >= 4 is 20.2 Å². The molecule has 6 N–H and O–H groups in total. The fraction of sp³-hybridized carbons (Fsp3) is 0.531. The van der Waals surface area contributed by atoms with Gasteiger partial charge in [-0.05, 0) is 81.2 Å². The average molecular weight is 525 g/mol. The Balaban J connectivity index is -0.000000140. The van der Waals surface area contributed by atoms with Gasteiger partial charge in [0.15, 0.2) is 0 Å². The van der Waals surface area contributed by atoms with Crippen molar-refractivity contribution in [1.29, 1.82) is 0 Å². The molecule has 1 atom stereocenters. The molecule has 6 heteroatoms. The lowest BCUT2D eigenvalue weighted by molar-refractivity contribution is 0.410. The minimum Gasteiger partial charge on any atom is -0.359 e. The fourth-order valence-corrected chi connectivity index (χ4v) is 3.04. The van der Waals surface area contributed by atoms with Crippen LogP contribution in [-0.2, 0) is 0 Å². The van der Waals surface area contributed by atoms with E-state index in [-0.39, 0.29) is 20.3 Å². The second-order valence-corrected chi connectivity index (χ2v) is 7.92. The Morgan fingerprint density at radius 1 is 0.658 bits per heavy atom. The predicted octanol–water partition coefficient (Wildman–Crippen LogP) is 6.30. The number of hydrogen-bond donors (Lipinski definition) is 3. The molecule has 0 fully saturated rings. The largest absolute Gasteiger partial charge is 0.359 e. The van der Waals surface area contributed by atoms with Crippen molar-refractivity contribution in [3.8, 4) is 35.9 Å². The summed E-state index contributed by atoms with van der Waals surface area (Å²) in [7, 11) is 0. The third kappa shape index (κ3) is 19.5. The molecule has 0 rings (SSSR count). The topological polar surface area (TPSA) is 115 Å². The van der Waals surface area contributed by atoms with E-state index < -0.39 is 0 Å². The number of nitrogens with two attached hydrogens (primary N) is 3. The lowest BCUT2D eigenvalue weighted by Crippen LogP contribution is -2.21. The summed E-state index contributed by atoms with van der Waals surface area (Å²) in [5.74, 6) is 8.54. The van der Waals surface area contributed by atoms with Crippen LogP contribution in [0.3, 0.4) is 0 Å². The maximum absolute atomic E-state index is 5.15. The molecule has 0 saturated heterocycles. The van der Waals surface area contributed by atoms with Crippen molar-refractivity contribution < 1.29 is 0 Å². The fourth-order valence-electron chi connectivity index (χ4n) is 3.04. The number of hydrogen-bond acceptors (Lipinski definition) is 6. The molecule has 0 amide bonds. The molecule has 6 nitrogen and oxygen atoms in total. The molecule has 0 aliphatic heterocycles. The molecule has 0 spiro atoms. The zero-order valence-electron chi connectivity index (χ0n) is 23.6. The molecule has 0 aromatic carbocycles. The Morgan fingerprint density at radius 2 is 1.03 bits per heavy atom. The zero-order chi connectivity index (χ0) is 28.4. The highest BCUT2D eigenvalue weighted by molar-refractivity contribution is 5.36. The Morgan fingerprint density at radius 3 is 1.24 bits per heavy atom. The maximum atomic E-state index is 5.15. The number of nitrogens with zero attached hydrogens (tertiary/aromatic N) is 3. The van der Waals surface area contributed by atoms with E-state index in [0.717, 1.165) is 48.8 Å². The van der Waals surface area contributed by atoms with Crippen LogP contribution in [-0.4, -0.2) is 39.8 Å². The number of rotatable bonds is 12. The molecule has 0 bridgehead atoms. The Hall–Kier alpha value is -3.69. The van der Waals surface area contributed by atoms with Crippen LogP contribution in [0.2, 0.25) is 0 Å². The zero-order valence-corrected chi connectivity index (χ0v) is 23.6. The quantitative estimate of drug-likeness (QED) is 0.158. The van der Waals surface area contributed by atoms with E-state index >= 15 is 0 Å². The van der Waals surface area contributed by atoms with Crippen LogP contribution in [0.4, 0.5) is 0 Å². The number of aliphatic imine (C=N–C) groups is 3. The first-order valence-corrected chi connectivity index (χ1v) is 12.2. The van der Waals surface area contributed by atoms with Gasteiger partial charge in [0.2, 0.25) is 0 Å². The lowest BCUT2D eigenvalue weighted by Gasteiger charge is -2.25. The van der Waals surface area contributed by atoms with Gasteiger partial charge in [0.1, 0.15) is 0 Å². The molecule has 0 aromatic heterocycles. The second kappa shape index (κ2) is 29.5. The SMILES string of the molecule is C.C.C=NC/C(CC)=C(/C#CN)CC.C=NC/C(CC)=C(\C#CN)CC.C=NCC(C)(CC)C(=C)C#CN. The Kier molecular flexibility index (Phi) is 34.4. The molecule has 0 aliphatic carbocycles. The Labute approximate surface area is 236 Å². The van der Waals surface area contributed by atoms with Gasteiger partial charge in [-0.2, -0.15) is 0 Å². The molecule has 38 heavy (non-hydrogen) atoms. The predicted molar refractivity (Wildman–Crippen MR) is 175 cm³/mol. The molecule has 214 valence electrons. The van der Waals surface area contributed by atoms with E-state index in [0.29, 0.717) is 19.6 Å². The van der Waals surface area contributed by atoms with Gasteiger partial charge in [0, 0.05) is 46.8 Å². The lowest BCUT2D eigenvalue weighted by atomic mass is 9.81. The van der Waals surface area contributed by atoms with Gasteiger partial charge in [-0.25, -0.2) is 0 Å². The summed E-state index contributed by atoms with van der Waals surface area (Å²) in [6.07, 6.45) is 4.72. The molecule has 1 unspecified atom stereocenters. The average Bonchev–Trinajstić information content (AvgIpc) is 2.89. The van der Waals surface area contributed by atoms with Crippen molar-refractivity contribution in [2.24, 2.45) is 37.6 Å². The van der Waals surface area contributed by atoms with Gasteiger partial charge in [-0.3, -0.25) is 15.0 Å². The van der Waals surface area contributed by atoms with Crippen molar-refractivity contribution in [2.75, 3.05) is 19.6 Å². The third-order valence-corrected chi connectivity index (χ3v) is 5.66. The summed E-state index contributed by atoms with van der Waals surface area (Å²) in [6, 6.07) is 7.20. The van der Waals surface area contributed by atoms with E-state index in [2.05, 4.69) is 119 Å². The van der Waals surface area contributed by atoms with E-state index in [1.807, 2.05) is 0 Å². The summed E-state index contributed by atoms with van der Waals surface area (Å²) in [5.41, 5.74) is 20.9. The van der Waals surface area contributed by atoms with Crippen LogP contribution < -0.4 is 17.2 Å². The van der Waals surface area contributed by atoms with Crippen LogP contribution in [0.25, 0.3) is 0 Å². The van der Waals surface area contributed by atoms with Gasteiger partial charge < -0.3 is 17.2 Å². The van der Waals surface area contributed by atoms with E-state index in [1.165, 1.54) is 11.1 Å². The number of allylic oxidation sites excluding steroid dienone is 2. The van der Waals surface area contributed by atoms with Gasteiger partial charge in [-0.1, -0.05) is 63.0 Å². The molecule has 0 aromatic rings. The monoisotopic (exact) mass is 524 g/mol. The van der Waals surface area contributed by atoms with E-state index in [9.17, 15) is 0 Å². The highest BCUT2D eigenvalue weighted by Gasteiger charge is 2.23. The van der Waals surface area contributed by atoms with Crippen LogP contribution in [0, 0.1) is 41.3 Å². The standard InChI is InChI=1S/3C10H16N2.2CH4/c1-5-10(3,8-12-4)9(2)6-7-11;2*1-4-9(6-7-11)10(5-2)8-12-3;;/h2,4-5,8,11H2,1,3H3;2*3-5,8,11H2,1-2H3;2*1H4/b;10-9+;10-9-;;. The smallest absolute Gasteiger partial charge is 0.0604 e. The van der Waals surface area contributed by atoms with Gasteiger partial charge in [0.25, 0.3) is 0 Å². The normalized spacial score (nSPS) is 11.4. The molecule has 0 aliphatic rings. The summed E-state index contributed by atoms with van der Waals surface area (Å²) >= 11 is 0. The molecular formula is C32H56N6. The van der Waals surface area contributed by atoms with E-state index in [4.69, 9.17) is 17.2 Å². The molecule has 0 heterocycles. The van der Waals surface area contributed by atoms with Crippen molar-refractivity contribution in [3.05, 3.63) is 34.4 Å². The molecule has 0 saturated carbocycles. The van der Waals surface area contributed by atoms with Crippen molar-refractivity contribution in [3.63, 3.8) is 0 Å². The summed E-state index contributed by atoms with van der Waals surface area (Å²) in [4.78, 5) is 11.5. The van der Waals surface area contributed by atoms with Crippen LogP contribution >= 0.6 is 0 Å². The third-order valence-electron chi connectivity index (χ3n) is 5.66. The first kappa shape index (κ1) is 44.3. The van der Waals surface area contributed by atoms with Crippen LogP contribution in [0.15, 0.2) is 49.4 Å². The molecule has 0 radical (unpaired) electrons. The molecular weight excluding hydrogens is 468 g/mol. The van der Waals surface area contributed by atoms with E-state index in [1.54, 1.807) is 0 Å². The first-order chi connectivity index (χ1) is 17.2. The minimum atomic E-state index is -0.0753. The highest BCUT2D eigenvalue weighted by Crippen LogP contribution is 2.29. The van der Waals surface area contributed by atoms with Crippen molar-refractivity contribution in [2.45, 2.75) is 88.5 Å². The summed E-state index contributed by atoms with van der Waals surface area (Å²) in [5, 5.41) is 0. The van der Waals surface area contributed by atoms with Gasteiger partial charge in [-0.15, -0.1) is 0 Å². The second-order valence-electron chi connectivity index (χ2n) is 7.92.